The molecule has 0 aliphatic carbocycles. The van der Waals surface area contributed by atoms with Crippen molar-refractivity contribution in [3.05, 3.63) is 71.3 Å². The fourth-order valence-corrected chi connectivity index (χ4v) is 4.39. The summed E-state index contributed by atoms with van der Waals surface area (Å²) in [5.74, 6) is -2.04. The van der Waals surface area contributed by atoms with Crippen molar-refractivity contribution in [2.24, 2.45) is 5.92 Å². The number of ether oxygens (including phenoxy) is 3. The third-order valence-corrected chi connectivity index (χ3v) is 6.06. The van der Waals surface area contributed by atoms with Crippen molar-refractivity contribution in [2.75, 3.05) is 0 Å². The zero-order chi connectivity index (χ0) is 26.3. The molecule has 1 N–H and O–H groups in total. The monoisotopic (exact) mass is 503 g/mol. The van der Waals surface area contributed by atoms with Gasteiger partial charge in [-0.15, -0.1) is 0 Å². The quantitative estimate of drug-likeness (QED) is 0.511. The third-order valence-electron chi connectivity index (χ3n) is 6.06. The molecule has 0 aromatic heterocycles. The minimum atomic E-state index is -0.876. The van der Waals surface area contributed by atoms with Crippen LogP contribution in [0.15, 0.2) is 48.5 Å². The van der Waals surface area contributed by atoms with Gasteiger partial charge in [0.2, 0.25) is 0 Å². The number of carbonyl (C=O) groups is 2. The van der Waals surface area contributed by atoms with Gasteiger partial charge in [-0.25, -0.2) is 18.4 Å². The minimum absolute atomic E-state index is 0.211. The van der Waals surface area contributed by atoms with Gasteiger partial charge in [0.15, 0.2) is 0 Å². The van der Waals surface area contributed by atoms with Gasteiger partial charge in [-0.2, -0.15) is 0 Å². The smallest absolute Gasteiger partial charge is 0.408 e. The summed E-state index contributed by atoms with van der Waals surface area (Å²) >= 11 is 0. The van der Waals surface area contributed by atoms with Gasteiger partial charge >= 0.3 is 12.1 Å². The van der Waals surface area contributed by atoms with Crippen molar-refractivity contribution in [3.8, 4) is 0 Å². The molecule has 1 heterocycles. The van der Waals surface area contributed by atoms with Crippen LogP contribution in [0.3, 0.4) is 0 Å². The molecule has 2 aromatic rings. The van der Waals surface area contributed by atoms with Crippen LogP contribution in [0.5, 0.6) is 0 Å². The van der Waals surface area contributed by atoms with Crippen LogP contribution in [0.25, 0.3) is 0 Å². The first-order valence-electron chi connectivity index (χ1n) is 12.3. The van der Waals surface area contributed by atoms with E-state index in [1.165, 1.54) is 12.1 Å². The lowest BCUT2D eigenvalue weighted by Crippen LogP contribution is -2.46. The largest absolute Gasteiger partial charge is 0.458 e. The van der Waals surface area contributed by atoms with Crippen LogP contribution in [-0.4, -0.2) is 35.9 Å². The first kappa shape index (κ1) is 27.6. The van der Waals surface area contributed by atoms with E-state index in [0.29, 0.717) is 24.8 Å². The Kier molecular flexibility index (Phi) is 9.43. The Bertz CT molecular complexity index is 1020. The Labute approximate surface area is 211 Å². The number of cyclic esters (lactones) is 1. The van der Waals surface area contributed by atoms with Crippen LogP contribution in [0.4, 0.5) is 13.6 Å². The molecule has 0 bridgehead atoms. The number of amides is 1. The van der Waals surface area contributed by atoms with E-state index in [2.05, 4.69) is 5.32 Å². The predicted molar refractivity (Wildman–Crippen MR) is 131 cm³/mol. The fraction of sp³-hybridized carbons (Fsp3) is 0.500. The SMILES string of the molecule is CC1OC(=O)C(NC(=O)OC(C)(C)C)CCCC(Cc2ccc(F)cc2F)C1OCc1ccccc1. The summed E-state index contributed by atoms with van der Waals surface area (Å²) in [6.07, 6.45) is -0.145. The average Bonchev–Trinajstić information content (AvgIpc) is 2.83. The lowest BCUT2D eigenvalue weighted by Gasteiger charge is -2.31. The standard InChI is InChI=1S/C28H35F2NO5/c1-18-25(34-17-19-9-6-5-7-10-19)21(15-20-13-14-22(29)16-23(20)30)11-8-12-24(26(32)35-18)31-27(33)36-28(2,3)4/h5-7,9-10,13-14,16,18,21,24-25H,8,11-12,15,17H2,1-4H3,(H,31,33). The van der Waals surface area contributed by atoms with Gasteiger partial charge in [-0.1, -0.05) is 42.8 Å². The number of carbonyl (C=O) groups excluding carboxylic acids is 2. The molecule has 4 unspecified atom stereocenters. The number of nitrogens with one attached hydrogen (secondary N) is 1. The van der Waals surface area contributed by atoms with Crippen LogP contribution < -0.4 is 5.32 Å². The normalized spacial score (nSPS) is 23.1. The number of hydrogen-bond donors (Lipinski definition) is 1. The molecule has 4 atom stereocenters. The van der Waals surface area contributed by atoms with E-state index in [1.807, 2.05) is 30.3 Å². The fourth-order valence-electron chi connectivity index (χ4n) is 4.39. The van der Waals surface area contributed by atoms with Crippen molar-refractivity contribution < 1.29 is 32.6 Å². The molecular weight excluding hydrogens is 468 g/mol. The highest BCUT2D eigenvalue weighted by molar-refractivity contribution is 5.81. The molecule has 0 spiro atoms. The molecule has 1 saturated heterocycles. The maximum absolute atomic E-state index is 14.5. The molecule has 196 valence electrons. The van der Waals surface area contributed by atoms with Gasteiger partial charge in [0.1, 0.15) is 29.4 Å². The van der Waals surface area contributed by atoms with E-state index >= 15 is 0 Å². The average molecular weight is 504 g/mol. The summed E-state index contributed by atoms with van der Waals surface area (Å²) in [5, 5.41) is 2.62. The van der Waals surface area contributed by atoms with E-state index in [4.69, 9.17) is 14.2 Å². The minimum Gasteiger partial charge on any atom is -0.458 e. The molecule has 8 heteroatoms. The summed E-state index contributed by atoms with van der Waals surface area (Å²) in [7, 11) is 0. The van der Waals surface area contributed by atoms with Crippen LogP contribution in [-0.2, 0) is 32.0 Å². The van der Waals surface area contributed by atoms with Crippen LogP contribution in [0.1, 0.15) is 58.1 Å². The molecule has 1 amide bonds. The van der Waals surface area contributed by atoms with E-state index in [-0.39, 0.29) is 18.9 Å². The molecule has 6 nitrogen and oxygen atoms in total. The van der Waals surface area contributed by atoms with Gasteiger partial charge in [-0.05, 0) is 70.1 Å². The van der Waals surface area contributed by atoms with Crippen LogP contribution in [0.2, 0.25) is 0 Å². The topological polar surface area (TPSA) is 73.9 Å². The molecule has 1 fully saturated rings. The van der Waals surface area contributed by atoms with Gasteiger partial charge in [0.05, 0.1) is 12.7 Å². The van der Waals surface area contributed by atoms with Crippen molar-refractivity contribution in [1.82, 2.24) is 5.32 Å². The van der Waals surface area contributed by atoms with Gasteiger partial charge in [-0.3, -0.25) is 0 Å². The van der Waals surface area contributed by atoms with Gasteiger partial charge in [0.25, 0.3) is 0 Å². The second kappa shape index (κ2) is 12.3. The molecule has 36 heavy (non-hydrogen) atoms. The first-order chi connectivity index (χ1) is 17.0. The molecule has 0 saturated carbocycles. The summed E-state index contributed by atoms with van der Waals surface area (Å²) < 4.78 is 45.3. The second-order valence-corrected chi connectivity index (χ2v) is 10.2. The lowest BCUT2D eigenvalue weighted by molar-refractivity contribution is -0.161. The number of alkyl carbamates (subject to hydrolysis) is 1. The number of halogens is 2. The molecule has 1 aliphatic rings. The molecular formula is C28H35F2NO5. The Morgan fingerprint density at radius 2 is 1.83 bits per heavy atom. The Morgan fingerprint density at radius 1 is 1.11 bits per heavy atom. The maximum atomic E-state index is 14.5. The van der Waals surface area contributed by atoms with Gasteiger partial charge in [0, 0.05) is 6.07 Å². The lowest BCUT2D eigenvalue weighted by atomic mass is 9.86. The maximum Gasteiger partial charge on any atom is 0.408 e. The summed E-state index contributed by atoms with van der Waals surface area (Å²) in [6, 6.07) is 12.3. The molecule has 2 aromatic carbocycles. The zero-order valence-electron chi connectivity index (χ0n) is 21.3. The Hall–Kier alpha value is -3.00. The van der Waals surface area contributed by atoms with E-state index in [1.54, 1.807) is 27.7 Å². The first-order valence-corrected chi connectivity index (χ1v) is 12.3. The predicted octanol–water partition coefficient (Wildman–Crippen LogP) is 5.72. The van der Waals surface area contributed by atoms with Crippen molar-refractivity contribution >= 4 is 12.1 Å². The summed E-state index contributed by atoms with van der Waals surface area (Å²) in [6.45, 7) is 7.24. The number of esters is 1. The highest BCUT2D eigenvalue weighted by Crippen LogP contribution is 2.29. The van der Waals surface area contributed by atoms with Crippen LogP contribution in [0, 0.1) is 17.6 Å². The van der Waals surface area contributed by atoms with Crippen molar-refractivity contribution in [3.63, 3.8) is 0 Å². The van der Waals surface area contributed by atoms with Crippen molar-refractivity contribution in [1.29, 1.82) is 0 Å². The van der Waals surface area contributed by atoms with E-state index in [0.717, 1.165) is 11.6 Å². The molecule has 0 radical (unpaired) electrons. The Balaban J connectivity index is 1.80. The van der Waals surface area contributed by atoms with E-state index < -0.39 is 47.5 Å². The third kappa shape index (κ3) is 8.29. The number of hydrogen-bond acceptors (Lipinski definition) is 5. The van der Waals surface area contributed by atoms with Crippen LogP contribution >= 0.6 is 0 Å². The highest BCUT2D eigenvalue weighted by Gasteiger charge is 2.36. The number of rotatable bonds is 6. The number of benzene rings is 2. The summed E-state index contributed by atoms with van der Waals surface area (Å²) in [5.41, 5.74) is 0.614. The highest BCUT2D eigenvalue weighted by atomic mass is 19.1. The molecule has 3 rings (SSSR count). The second-order valence-electron chi connectivity index (χ2n) is 10.2. The molecule has 1 aliphatic heterocycles. The van der Waals surface area contributed by atoms with E-state index in [9.17, 15) is 18.4 Å². The van der Waals surface area contributed by atoms with Crippen molar-refractivity contribution in [2.45, 2.75) is 83.8 Å². The Morgan fingerprint density at radius 3 is 2.50 bits per heavy atom. The van der Waals surface area contributed by atoms with Gasteiger partial charge < -0.3 is 19.5 Å². The summed E-state index contributed by atoms with van der Waals surface area (Å²) in [4.78, 5) is 25.3. The zero-order valence-corrected chi connectivity index (χ0v) is 21.3.